The first-order valence-corrected chi connectivity index (χ1v) is 7.28. The Labute approximate surface area is 115 Å². The quantitative estimate of drug-likeness (QED) is 0.467. The molecule has 0 N–H and O–H groups in total. The van der Waals surface area contributed by atoms with E-state index in [1.807, 2.05) is 19.1 Å². The number of halogens is 1. The Morgan fingerprint density at radius 2 is 2.00 bits per heavy atom. The molecule has 17 heavy (non-hydrogen) atoms. The van der Waals surface area contributed by atoms with Crippen LogP contribution < -0.4 is 0 Å². The van der Waals surface area contributed by atoms with Gasteiger partial charge in [-0.25, -0.2) is 4.79 Å². The average molecular weight is 317 g/mol. The number of thioether (sulfide) groups is 1. The van der Waals surface area contributed by atoms with Crippen LogP contribution in [0.3, 0.4) is 0 Å². The molecule has 0 aliphatic rings. The predicted octanol–water partition coefficient (Wildman–Crippen LogP) is 4.43. The number of rotatable bonds is 4. The van der Waals surface area contributed by atoms with Gasteiger partial charge in [-0.2, -0.15) is 0 Å². The Bertz CT molecular complexity index is 402. The molecule has 2 nitrogen and oxygen atoms in total. The zero-order valence-corrected chi connectivity index (χ0v) is 12.9. The van der Waals surface area contributed by atoms with Crippen LogP contribution in [0.4, 0.5) is 0 Å². The highest BCUT2D eigenvalue weighted by Crippen LogP contribution is 2.36. The van der Waals surface area contributed by atoms with E-state index >= 15 is 0 Å². The Hall–Kier alpha value is -0.480. The molecule has 0 aliphatic carbocycles. The van der Waals surface area contributed by atoms with Crippen molar-refractivity contribution in [3.63, 3.8) is 0 Å². The molecule has 0 aromatic heterocycles. The molecule has 1 atom stereocenters. The van der Waals surface area contributed by atoms with Gasteiger partial charge in [0.05, 0.1) is 16.8 Å². The summed E-state index contributed by atoms with van der Waals surface area (Å²) in [5, 5.41) is 0. The SMILES string of the molecule is COC(=O)c1cccc(C(C)C)c1SC(C)Br. The Balaban J connectivity index is 3.28. The van der Waals surface area contributed by atoms with E-state index in [9.17, 15) is 4.79 Å². The number of ether oxygens (including phenoxy) is 1. The van der Waals surface area contributed by atoms with Crippen molar-refractivity contribution in [3.8, 4) is 0 Å². The molecule has 94 valence electrons. The number of hydrogen-bond donors (Lipinski definition) is 0. The molecule has 0 saturated heterocycles. The maximum atomic E-state index is 11.7. The molecule has 0 radical (unpaired) electrons. The van der Waals surface area contributed by atoms with Crippen molar-refractivity contribution >= 4 is 33.7 Å². The van der Waals surface area contributed by atoms with E-state index in [1.54, 1.807) is 11.8 Å². The fraction of sp³-hybridized carbons (Fsp3) is 0.462. The van der Waals surface area contributed by atoms with Gasteiger partial charge >= 0.3 is 5.97 Å². The molecule has 1 aromatic carbocycles. The van der Waals surface area contributed by atoms with Gasteiger partial charge in [0.25, 0.3) is 0 Å². The third kappa shape index (κ3) is 3.75. The summed E-state index contributed by atoms with van der Waals surface area (Å²) in [5.41, 5.74) is 1.83. The summed E-state index contributed by atoms with van der Waals surface area (Å²) in [6.45, 7) is 6.29. The van der Waals surface area contributed by atoms with Crippen molar-refractivity contribution in [3.05, 3.63) is 29.3 Å². The largest absolute Gasteiger partial charge is 0.465 e. The number of esters is 1. The Morgan fingerprint density at radius 3 is 2.47 bits per heavy atom. The molecule has 0 amide bonds. The van der Waals surface area contributed by atoms with Gasteiger partial charge < -0.3 is 4.74 Å². The standard InChI is InChI=1S/C13H17BrO2S/c1-8(2)10-6-5-7-11(13(15)16-4)12(10)17-9(3)14/h5-9H,1-4H3. The predicted molar refractivity (Wildman–Crippen MR) is 76.1 cm³/mol. The van der Waals surface area contributed by atoms with Gasteiger partial charge in [0.1, 0.15) is 0 Å². The molecular weight excluding hydrogens is 300 g/mol. The maximum absolute atomic E-state index is 11.7. The van der Waals surface area contributed by atoms with Crippen LogP contribution in [-0.4, -0.2) is 17.2 Å². The van der Waals surface area contributed by atoms with Gasteiger partial charge in [0, 0.05) is 4.90 Å². The number of alkyl halides is 1. The number of methoxy groups -OCH3 is 1. The molecule has 0 heterocycles. The van der Waals surface area contributed by atoms with Gasteiger partial charge in [-0.05, 0) is 24.5 Å². The van der Waals surface area contributed by atoms with Gasteiger partial charge in [-0.1, -0.05) is 41.9 Å². The zero-order chi connectivity index (χ0) is 13.0. The number of carbonyl (C=O) groups is 1. The van der Waals surface area contributed by atoms with Crippen LogP contribution in [-0.2, 0) is 4.74 Å². The molecule has 1 aromatic rings. The number of carbonyl (C=O) groups excluding carboxylic acids is 1. The van der Waals surface area contributed by atoms with Gasteiger partial charge in [0.15, 0.2) is 0 Å². The molecule has 0 spiro atoms. The van der Waals surface area contributed by atoms with Crippen molar-refractivity contribution in [2.24, 2.45) is 0 Å². The highest BCUT2D eigenvalue weighted by molar-refractivity contribution is 9.11. The van der Waals surface area contributed by atoms with E-state index in [-0.39, 0.29) is 10.1 Å². The summed E-state index contributed by atoms with van der Waals surface area (Å²) in [6.07, 6.45) is 0. The first kappa shape index (κ1) is 14.6. The summed E-state index contributed by atoms with van der Waals surface area (Å²) in [7, 11) is 1.41. The van der Waals surface area contributed by atoms with E-state index in [1.165, 1.54) is 12.7 Å². The summed E-state index contributed by atoms with van der Waals surface area (Å²) < 4.78 is 5.08. The van der Waals surface area contributed by atoms with Crippen LogP contribution in [0.5, 0.6) is 0 Å². The normalized spacial score (nSPS) is 12.6. The minimum Gasteiger partial charge on any atom is -0.465 e. The lowest BCUT2D eigenvalue weighted by Crippen LogP contribution is -2.06. The Kier molecular flexibility index (Phi) is 5.53. The smallest absolute Gasteiger partial charge is 0.339 e. The highest BCUT2D eigenvalue weighted by atomic mass is 79.9. The van der Waals surface area contributed by atoms with E-state index in [4.69, 9.17) is 4.74 Å². The van der Waals surface area contributed by atoms with Gasteiger partial charge in [-0.15, -0.1) is 11.8 Å². The van der Waals surface area contributed by atoms with E-state index in [0.717, 1.165) is 4.90 Å². The minimum absolute atomic E-state index is 0.255. The molecule has 1 rings (SSSR count). The van der Waals surface area contributed by atoms with Crippen molar-refractivity contribution in [1.82, 2.24) is 0 Å². The minimum atomic E-state index is -0.275. The van der Waals surface area contributed by atoms with Crippen LogP contribution in [0, 0.1) is 0 Å². The highest BCUT2D eigenvalue weighted by Gasteiger charge is 2.18. The topological polar surface area (TPSA) is 26.3 Å². The van der Waals surface area contributed by atoms with Gasteiger partial charge in [-0.3, -0.25) is 0 Å². The Morgan fingerprint density at radius 1 is 1.35 bits per heavy atom. The average Bonchev–Trinajstić information content (AvgIpc) is 2.27. The lowest BCUT2D eigenvalue weighted by atomic mass is 10.0. The second-order valence-electron chi connectivity index (χ2n) is 4.03. The monoisotopic (exact) mass is 316 g/mol. The molecule has 0 aliphatic heterocycles. The lowest BCUT2D eigenvalue weighted by molar-refractivity contribution is 0.0596. The van der Waals surface area contributed by atoms with Crippen LogP contribution >= 0.6 is 27.7 Å². The maximum Gasteiger partial charge on any atom is 0.339 e. The van der Waals surface area contributed by atoms with Gasteiger partial charge in [0.2, 0.25) is 0 Å². The molecule has 0 bridgehead atoms. The van der Waals surface area contributed by atoms with Crippen molar-refractivity contribution in [1.29, 1.82) is 0 Å². The second kappa shape index (κ2) is 6.45. The number of hydrogen-bond acceptors (Lipinski definition) is 3. The summed E-state index contributed by atoms with van der Waals surface area (Å²) in [4.78, 5) is 12.8. The zero-order valence-electron chi connectivity index (χ0n) is 10.5. The molecule has 4 heteroatoms. The van der Waals surface area contributed by atoms with Crippen LogP contribution in [0.25, 0.3) is 0 Å². The second-order valence-corrected chi connectivity index (χ2v) is 7.36. The molecule has 0 saturated carbocycles. The van der Waals surface area contributed by atoms with E-state index < -0.39 is 0 Å². The van der Waals surface area contributed by atoms with Crippen molar-refractivity contribution in [2.75, 3.05) is 7.11 Å². The third-order valence-corrected chi connectivity index (χ3v) is 3.93. The van der Waals surface area contributed by atoms with E-state index in [2.05, 4.69) is 35.8 Å². The van der Waals surface area contributed by atoms with Crippen LogP contribution in [0.15, 0.2) is 23.1 Å². The first-order chi connectivity index (χ1) is 7.97. The lowest BCUT2D eigenvalue weighted by Gasteiger charge is -2.16. The molecule has 1 unspecified atom stereocenters. The number of benzene rings is 1. The molecular formula is C13H17BrO2S. The van der Waals surface area contributed by atoms with E-state index in [0.29, 0.717) is 11.5 Å². The third-order valence-electron chi connectivity index (χ3n) is 2.35. The molecule has 0 fully saturated rings. The fourth-order valence-electron chi connectivity index (χ4n) is 1.57. The van der Waals surface area contributed by atoms with Crippen LogP contribution in [0.2, 0.25) is 0 Å². The van der Waals surface area contributed by atoms with Crippen molar-refractivity contribution < 1.29 is 9.53 Å². The summed E-state index contributed by atoms with van der Waals surface area (Å²) in [5.74, 6) is 0.108. The summed E-state index contributed by atoms with van der Waals surface area (Å²) >= 11 is 5.15. The van der Waals surface area contributed by atoms with Crippen LogP contribution in [0.1, 0.15) is 42.6 Å². The fourth-order valence-corrected chi connectivity index (χ4v) is 3.18. The first-order valence-electron chi connectivity index (χ1n) is 5.49. The van der Waals surface area contributed by atoms with Crippen molar-refractivity contribution in [2.45, 2.75) is 35.7 Å². The summed E-state index contributed by atoms with van der Waals surface area (Å²) in [6, 6.07) is 5.79.